The van der Waals surface area contributed by atoms with Gasteiger partial charge in [0, 0.05) is 18.6 Å². The van der Waals surface area contributed by atoms with Gasteiger partial charge in [-0.2, -0.15) is 0 Å². The molecule has 2 nitrogen and oxygen atoms in total. The third-order valence-electron chi connectivity index (χ3n) is 4.30. The molecule has 0 saturated heterocycles. The Morgan fingerprint density at radius 3 is 2.38 bits per heavy atom. The van der Waals surface area contributed by atoms with E-state index >= 15 is 0 Å². The van der Waals surface area contributed by atoms with Gasteiger partial charge in [-0.25, -0.2) is 0 Å². The Hall–Kier alpha value is -0.0800. The van der Waals surface area contributed by atoms with Crippen LogP contribution in [-0.4, -0.2) is 30.6 Å². The average Bonchev–Trinajstić information content (AvgIpc) is 2.30. The van der Waals surface area contributed by atoms with Gasteiger partial charge < -0.3 is 5.73 Å². The van der Waals surface area contributed by atoms with Crippen LogP contribution >= 0.6 is 0 Å². The molecule has 0 aromatic heterocycles. The zero-order valence-electron chi connectivity index (χ0n) is 11.4. The minimum Gasteiger partial charge on any atom is -0.329 e. The van der Waals surface area contributed by atoms with E-state index in [4.69, 9.17) is 5.73 Å². The van der Waals surface area contributed by atoms with Crippen LogP contribution in [0, 0.1) is 5.92 Å². The van der Waals surface area contributed by atoms with Gasteiger partial charge >= 0.3 is 0 Å². The molecule has 16 heavy (non-hydrogen) atoms. The molecule has 0 heterocycles. The van der Waals surface area contributed by atoms with Gasteiger partial charge in [0.05, 0.1) is 0 Å². The molecule has 0 aliphatic heterocycles. The molecule has 1 aliphatic carbocycles. The standard InChI is InChI=1S/C14H30N2/c1-4-5-6-14(11-15)16(3)13-9-7-12(2)8-10-13/h12-14H,4-11,15H2,1-3H3. The molecule has 0 bridgehead atoms. The lowest BCUT2D eigenvalue weighted by Crippen LogP contribution is -2.45. The number of unbranched alkanes of at least 4 members (excludes halogenated alkanes) is 1. The summed E-state index contributed by atoms with van der Waals surface area (Å²) in [6.45, 7) is 5.46. The van der Waals surface area contributed by atoms with Gasteiger partial charge in [0.1, 0.15) is 0 Å². The maximum atomic E-state index is 5.91. The van der Waals surface area contributed by atoms with E-state index in [0.29, 0.717) is 6.04 Å². The Balaban J connectivity index is 2.37. The second-order valence-corrected chi connectivity index (χ2v) is 5.61. The number of likely N-dealkylation sites (N-methyl/N-ethyl adjacent to an activating group) is 1. The van der Waals surface area contributed by atoms with Crippen LogP contribution in [-0.2, 0) is 0 Å². The van der Waals surface area contributed by atoms with Crippen LogP contribution in [0.4, 0.5) is 0 Å². The SMILES string of the molecule is CCCCC(CN)N(C)C1CCC(C)CC1. The number of hydrogen-bond donors (Lipinski definition) is 1. The highest BCUT2D eigenvalue weighted by Gasteiger charge is 2.25. The highest BCUT2D eigenvalue weighted by atomic mass is 15.2. The number of nitrogens with zero attached hydrogens (tertiary/aromatic N) is 1. The lowest BCUT2D eigenvalue weighted by Gasteiger charge is -2.38. The number of hydrogen-bond acceptors (Lipinski definition) is 2. The Bertz CT molecular complexity index is 169. The Kier molecular flexibility index (Phi) is 6.37. The van der Waals surface area contributed by atoms with Crippen LogP contribution in [0.1, 0.15) is 58.8 Å². The normalized spacial score (nSPS) is 28.3. The Morgan fingerprint density at radius 2 is 1.88 bits per heavy atom. The first-order chi connectivity index (χ1) is 7.69. The molecule has 0 aromatic rings. The molecule has 2 N–H and O–H groups in total. The van der Waals surface area contributed by atoms with Gasteiger partial charge in [-0.1, -0.05) is 26.7 Å². The van der Waals surface area contributed by atoms with Gasteiger partial charge in [0.15, 0.2) is 0 Å². The second kappa shape index (κ2) is 7.29. The van der Waals surface area contributed by atoms with E-state index in [1.165, 1.54) is 44.9 Å². The monoisotopic (exact) mass is 226 g/mol. The topological polar surface area (TPSA) is 29.3 Å². The molecule has 1 unspecified atom stereocenters. The van der Waals surface area contributed by atoms with Gasteiger partial charge in [-0.05, 0) is 45.1 Å². The summed E-state index contributed by atoms with van der Waals surface area (Å²) in [7, 11) is 2.29. The summed E-state index contributed by atoms with van der Waals surface area (Å²) in [4.78, 5) is 2.57. The summed E-state index contributed by atoms with van der Waals surface area (Å²) in [5.41, 5.74) is 5.91. The van der Waals surface area contributed by atoms with Crippen molar-refractivity contribution in [1.29, 1.82) is 0 Å². The molecule has 1 fully saturated rings. The molecule has 2 heteroatoms. The van der Waals surface area contributed by atoms with Crippen LogP contribution in [0.2, 0.25) is 0 Å². The molecule has 0 amide bonds. The Morgan fingerprint density at radius 1 is 1.25 bits per heavy atom. The van der Waals surface area contributed by atoms with Crippen molar-refractivity contribution in [2.75, 3.05) is 13.6 Å². The summed E-state index contributed by atoms with van der Waals surface area (Å²) in [5, 5.41) is 0. The van der Waals surface area contributed by atoms with Gasteiger partial charge in [0.25, 0.3) is 0 Å². The predicted molar refractivity (Wildman–Crippen MR) is 71.6 cm³/mol. The van der Waals surface area contributed by atoms with Crippen molar-refractivity contribution in [3.63, 3.8) is 0 Å². The van der Waals surface area contributed by atoms with Crippen molar-refractivity contribution in [1.82, 2.24) is 4.90 Å². The molecule has 96 valence electrons. The molecule has 1 aliphatic rings. The first-order valence-electron chi connectivity index (χ1n) is 7.11. The molecule has 0 aromatic carbocycles. The fourth-order valence-corrected chi connectivity index (χ4v) is 2.88. The largest absolute Gasteiger partial charge is 0.329 e. The number of rotatable bonds is 6. The quantitative estimate of drug-likeness (QED) is 0.754. The van der Waals surface area contributed by atoms with E-state index < -0.39 is 0 Å². The summed E-state index contributed by atoms with van der Waals surface area (Å²) < 4.78 is 0. The van der Waals surface area contributed by atoms with E-state index in [9.17, 15) is 0 Å². The lowest BCUT2D eigenvalue weighted by molar-refractivity contribution is 0.120. The zero-order valence-corrected chi connectivity index (χ0v) is 11.4. The molecule has 1 rings (SSSR count). The van der Waals surface area contributed by atoms with Crippen molar-refractivity contribution in [3.8, 4) is 0 Å². The van der Waals surface area contributed by atoms with Crippen LogP contribution in [0.15, 0.2) is 0 Å². The van der Waals surface area contributed by atoms with Crippen molar-refractivity contribution in [2.24, 2.45) is 11.7 Å². The molecule has 1 saturated carbocycles. The van der Waals surface area contributed by atoms with Crippen molar-refractivity contribution in [2.45, 2.75) is 70.9 Å². The van der Waals surface area contributed by atoms with Gasteiger partial charge in [-0.15, -0.1) is 0 Å². The number of nitrogens with two attached hydrogens (primary N) is 1. The summed E-state index contributed by atoms with van der Waals surface area (Å²) in [5.74, 6) is 0.941. The smallest absolute Gasteiger partial charge is 0.0218 e. The average molecular weight is 226 g/mol. The van der Waals surface area contributed by atoms with Gasteiger partial charge in [0.2, 0.25) is 0 Å². The van der Waals surface area contributed by atoms with Gasteiger partial charge in [-0.3, -0.25) is 4.90 Å². The van der Waals surface area contributed by atoms with Crippen LogP contribution in [0.5, 0.6) is 0 Å². The van der Waals surface area contributed by atoms with E-state index in [1.54, 1.807) is 0 Å². The minimum atomic E-state index is 0.610. The van der Waals surface area contributed by atoms with E-state index in [0.717, 1.165) is 18.5 Å². The fraction of sp³-hybridized carbons (Fsp3) is 1.00. The molecule has 1 atom stereocenters. The summed E-state index contributed by atoms with van der Waals surface area (Å²) >= 11 is 0. The first-order valence-corrected chi connectivity index (χ1v) is 7.11. The fourth-order valence-electron chi connectivity index (χ4n) is 2.88. The molecular formula is C14H30N2. The highest BCUT2D eigenvalue weighted by Crippen LogP contribution is 2.27. The van der Waals surface area contributed by atoms with Crippen molar-refractivity contribution >= 4 is 0 Å². The third-order valence-corrected chi connectivity index (χ3v) is 4.30. The van der Waals surface area contributed by atoms with E-state index in [2.05, 4.69) is 25.8 Å². The minimum absolute atomic E-state index is 0.610. The maximum absolute atomic E-state index is 5.91. The summed E-state index contributed by atoms with van der Waals surface area (Å²) in [6.07, 6.45) is 9.43. The zero-order chi connectivity index (χ0) is 12.0. The Labute approximate surface area is 102 Å². The van der Waals surface area contributed by atoms with Crippen molar-refractivity contribution < 1.29 is 0 Å². The molecular weight excluding hydrogens is 196 g/mol. The van der Waals surface area contributed by atoms with Crippen LogP contribution < -0.4 is 5.73 Å². The van der Waals surface area contributed by atoms with Crippen LogP contribution in [0.3, 0.4) is 0 Å². The van der Waals surface area contributed by atoms with E-state index in [1.807, 2.05) is 0 Å². The van der Waals surface area contributed by atoms with Crippen molar-refractivity contribution in [3.05, 3.63) is 0 Å². The third kappa shape index (κ3) is 4.06. The van der Waals surface area contributed by atoms with E-state index in [-0.39, 0.29) is 0 Å². The lowest BCUT2D eigenvalue weighted by atomic mass is 9.86. The predicted octanol–water partition coefficient (Wildman–Crippen LogP) is 3.01. The molecule has 0 spiro atoms. The maximum Gasteiger partial charge on any atom is 0.0218 e. The second-order valence-electron chi connectivity index (χ2n) is 5.61. The first kappa shape index (κ1) is 14.0. The molecule has 0 radical (unpaired) electrons. The van der Waals surface area contributed by atoms with Crippen LogP contribution in [0.25, 0.3) is 0 Å². The summed E-state index contributed by atoms with van der Waals surface area (Å²) in [6, 6.07) is 1.40. The highest BCUT2D eigenvalue weighted by molar-refractivity contribution is 4.81.